The molecule has 1 aliphatic carbocycles. The number of aliphatic carboxylic acids is 1. The Hall–Kier alpha value is -2.86. The van der Waals surface area contributed by atoms with E-state index in [1.165, 1.54) is 5.01 Å². The molecule has 3 N–H and O–H groups in total. The Morgan fingerprint density at radius 1 is 1.15 bits per heavy atom. The Bertz CT molecular complexity index is 807. The van der Waals surface area contributed by atoms with Gasteiger partial charge in [0.15, 0.2) is 6.61 Å². The second-order valence-electron chi connectivity index (χ2n) is 6.73. The maximum Gasteiger partial charge on any atom is 0.341 e. The monoisotopic (exact) mass is 368 g/mol. The van der Waals surface area contributed by atoms with E-state index in [1.54, 1.807) is 12.1 Å². The Morgan fingerprint density at radius 3 is 2.67 bits per heavy atom. The van der Waals surface area contributed by atoms with E-state index in [-0.39, 0.29) is 18.4 Å². The van der Waals surface area contributed by atoms with E-state index in [1.807, 2.05) is 30.3 Å². The number of benzene rings is 2. The number of para-hydroxylation sites is 1. The Balaban J connectivity index is 1.66. The van der Waals surface area contributed by atoms with Crippen LogP contribution in [0.25, 0.3) is 0 Å². The number of amides is 1. The number of hydrogen-bond acceptors (Lipinski definition) is 4. The topological polar surface area (TPSA) is 92.9 Å². The van der Waals surface area contributed by atoms with Crippen molar-refractivity contribution >= 4 is 17.6 Å². The maximum atomic E-state index is 12.5. The zero-order chi connectivity index (χ0) is 19.2. The normalized spacial score (nSPS) is 15.7. The van der Waals surface area contributed by atoms with Gasteiger partial charge in [-0.1, -0.05) is 30.3 Å². The van der Waals surface area contributed by atoms with E-state index in [4.69, 9.17) is 15.7 Å². The van der Waals surface area contributed by atoms with Gasteiger partial charge in [0.25, 0.3) is 0 Å². The number of rotatable bonds is 7. The minimum Gasteiger partial charge on any atom is -0.482 e. The second-order valence-corrected chi connectivity index (χ2v) is 6.73. The second kappa shape index (κ2) is 8.68. The molecular weight excluding hydrogens is 344 g/mol. The molecule has 27 heavy (non-hydrogen) atoms. The number of carboxylic acid groups (broad SMARTS) is 1. The highest BCUT2D eigenvalue weighted by molar-refractivity contribution is 5.92. The first kappa shape index (κ1) is 18.9. The van der Waals surface area contributed by atoms with Crippen molar-refractivity contribution in [3.05, 3.63) is 59.7 Å². The van der Waals surface area contributed by atoms with E-state index in [0.717, 1.165) is 30.4 Å². The predicted octanol–water partition coefficient (Wildman–Crippen LogP) is 3.26. The van der Waals surface area contributed by atoms with Gasteiger partial charge in [0.2, 0.25) is 5.91 Å². The van der Waals surface area contributed by atoms with Crippen molar-refractivity contribution in [2.45, 2.75) is 38.0 Å². The van der Waals surface area contributed by atoms with Crippen molar-refractivity contribution in [1.82, 2.24) is 0 Å². The summed E-state index contributed by atoms with van der Waals surface area (Å²) >= 11 is 0. The van der Waals surface area contributed by atoms with E-state index >= 15 is 0 Å². The third kappa shape index (κ3) is 4.65. The number of nitrogens with two attached hydrogens (primary N) is 1. The first-order valence-corrected chi connectivity index (χ1v) is 9.15. The fourth-order valence-electron chi connectivity index (χ4n) is 3.64. The highest BCUT2D eigenvalue weighted by Crippen LogP contribution is 2.39. The molecule has 0 saturated carbocycles. The lowest BCUT2D eigenvalue weighted by atomic mass is 9.80. The summed E-state index contributed by atoms with van der Waals surface area (Å²) in [5.41, 5.74) is 2.89. The van der Waals surface area contributed by atoms with Crippen LogP contribution in [0.4, 0.5) is 5.69 Å². The molecule has 0 aliphatic heterocycles. The lowest BCUT2D eigenvalue weighted by Gasteiger charge is -2.27. The number of carbonyl (C=O) groups excluding carboxylic acids is 1. The fourth-order valence-corrected chi connectivity index (χ4v) is 3.64. The number of hydrogen-bond donors (Lipinski definition) is 2. The van der Waals surface area contributed by atoms with Gasteiger partial charge < -0.3 is 9.84 Å². The number of nitrogens with zero attached hydrogens (tertiary/aromatic N) is 1. The van der Waals surface area contributed by atoms with Gasteiger partial charge in [-0.25, -0.2) is 15.6 Å². The van der Waals surface area contributed by atoms with E-state index < -0.39 is 5.97 Å². The van der Waals surface area contributed by atoms with Crippen molar-refractivity contribution in [2.24, 2.45) is 5.84 Å². The van der Waals surface area contributed by atoms with Crippen molar-refractivity contribution in [3.63, 3.8) is 0 Å². The molecule has 142 valence electrons. The summed E-state index contributed by atoms with van der Waals surface area (Å²) in [6.45, 7) is -0.348. The van der Waals surface area contributed by atoms with Crippen LogP contribution in [0.3, 0.4) is 0 Å². The minimum atomic E-state index is -0.991. The van der Waals surface area contributed by atoms with Crippen molar-refractivity contribution in [1.29, 1.82) is 0 Å². The van der Waals surface area contributed by atoms with Crippen molar-refractivity contribution < 1.29 is 19.4 Å². The SMILES string of the molecule is NN(C(=O)CCC1CCCc2c(OCC(=O)O)cccc21)c1ccccc1. The molecule has 0 heterocycles. The Labute approximate surface area is 158 Å². The highest BCUT2D eigenvalue weighted by atomic mass is 16.5. The highest BCUT2D eigenvalue weighted by Gasteiger charge is 2.24. The van der Waals surface area contributed by atoms with Crippen LogP contribution >= 0.6 is 0 Å². The number of fused-ring (bicyclic) bond motifs is 1. The molecule has 0 aromatic heterocycles. The number of carboxylic acids is 1. The molecule has 1 amide bonds. The van der Waals surface area contributed by atoms with E-state index in [0.29, 0.717) is 24.3 Å². The summed E-state index contributed by atoms with van der Waals surface area (Å²) < 4.78 is 5.44. The summed E-state index contributed by atoms with van der Waals surface area (Å²) in [6, 6.07) is 14.9. The van der Waals surface area contributed by atoms with Crippen LogP contribution in [0, 0.1) is 0 Å². The average Bonchev–Trinajstić information content (AvgIpc) is 2.70. The van der Waals surface area contributed by atoms with Crippen LogP contribution in [-0.4, -0.2) is 23.6 Å². The van der Waals surface area contributed by atoms with Crippen LogP contribution in [0.2, 0.25) is 0 Å². The molecule has 0 bridgehead atoms. The molecular formula is C21H24N2O4. The molecule has 0 radical (unpaired) electrons. The van der Waals surface area contributed by atoms with Gasteiger partial charge in [-0.05, 0) is 60.9 Å². The third-order valence-corrected chi connectivity index (χ3v) is 4.95. The number of ether oxygens (including phenoxy) is 1. The number of carbonyl (C=O) groups is 2. The molecule has 0 fully saturated rings. The Kier molecular flexibility index (Phi) is 6.08. The predicted molar refractivity (Wildman–Crippen MR) is 103 cm³/mol. The molecule has 1 atom stereocenters. The smallest absolute Gasteiger partial charge is 0.341 e. The molecule has 3 rings (SSSR count). The molecule has 0 saturated heterocycles. The van der Waals surface area contributed by atoms with Gasteiger partial charge in [0.05, 0.1) is 5.69 Å². The lowest BCUT2D eigenvalue weighted by Crippen LogP contribution is -2.37. The van der Waals surface area contributed by atoms with Crippen molar-refractivity contribution in [2.75, 3.05) is 11.6 Å². The third-order valence-electron chi connectivity index (χ3n) is 4.95. The number of anilines is 1. The maximum absolute atomic E-state index is 12.5. The molecule has 1 aliphatic rings. The van der Waals surface area contributed by atoms with Gasteiger partial charge in [0, 0.05) is 6.42 Å². The molecule has 6 nitrogen and oxygen atoms in total. The van der Waals surface area contributed by atoms with Crippen molar-refractivity contribution in [3.8, 4) is 5.75 Å². The van der Waals surface area contributed by atoms with Crippen LogP contribution in [-0.2, 0) is 16.0 Å². The first-order chi connectivity index (χ1) is 13.1. The summed E-state index contributed by atoms with van der Waals surface area (Å²) in [5, 5.41) is 10.0. The van der Waals surface area contributed by atoms with Gasteiger partial charge in [-0.3, -0.25) is 4.79 Å². The average molecular weight is 368 g/mol. The van der Waals surface area contributed by atoms with Crippen LogP contribution in [0.15, 0.2) is 48.5 Å². The van der Waals surface area contributed by atoms with Crippen LogP contribution in [0.5, 0.6) is 5.75 Å². The summed E-state index contributed by atoms with van der Waals surface area (Å²) in [5.74, 6) is 5.72. The zero-order valence-corrected chi connectivity index (χ0v) is 15.1. The molecule has 2 aromatic rings. The van der Waals surface area contributed by atoms with Gasteiger partial charge >= 0.3 is 5.97 Å². The van der Waals surface area contributed by atoms with E-state index in [2.05, 4.69) is 6.07 Å². The first-order valence-electron chi connectivity index (χ1n) is 9.15. The van der Waals surface area contributed by atoms with Gasteiger partial charge in [-0.15, -0.1) is 0 Å². The lowest BCUT2D eigenvalue weighted by molar-refractivity contribution is -0.139. The summed E-state index contributed by atoms with van der Waals surface area (Å²) in [4.78, 5) is 23.2. The molecule has 2 aromatic carbocycles. The fraction of sp³-hybridized carbons (Fsp3) is 0.333. The summed E-state index contributed by atoms with van der Waals surface area (Å²) in [7, 11) is 0. The molecule has 6 heteroatoms. The van der Waals surface area contributed by atoms with Crippen LogP contribution in [0.1, 0.15) is 42.7 Å². The van der Waals surface area contributed by atoms with E-state index in [9.17, 15) is 9.59 Å². The number of hydrazine groups is 1. The van der Waals surface area contributed by atoms with Gasteiger partial charge in [-0.2, -0.15) is 0 Å². The quantitative estimate of drug-likeness (QED) is 0.444. The molecule has 1 unspecified atom stereocenters. The largest absolute Gasteiger partial charge is 0.482 e. The Morgan fingerprint density at radius 2 is 1.93 bits per heavy atom. The summed E-state index contributed by atoms with van der Waals surface area (Å²) in [6.07, 6.45) is 3.91. The zero-order valence-electron chi connectivity index (χ0n) is 15.1. The standard InChI is InChI=1S/C21H24N2O4/c22-23(16-7-2-1-3-8-16)20(24)13-12-15-6-4-10-18-17(15)9-5-11-19(18)27-14-21(25)26/h1-3,5,7-9,11,15H,4,6,10,12-14,22H2,(H,25,26). The minimum absolute atomic E-state index is 0.119. The van der Waals surface area contributed by atoms with Crippen LogP contribution < -0.4 is 15.6 Å². The van der Waals surface area contributed by atoms with Gasteiger partial charge in [0.1, 0.15) is 5.75 Å². The molecule has 0 spiro atoms.